The van der Waals surface area contributed by atoms with Crippen molar-refractivity contribution < 1.29 is 17.9 Å². The van der Waals surface area contributed by atoms with Crippen molar-refractivity contribution in [2.75, 3.05) is 13.7 Å². The molecule has 0 unspecified atom stereocenters. The molecule has 6 rings (SSSR count). The number of nitrogens with zero attached hydrogens (tertiary/aromatic N) is 3. The molecule has 8 nitrogen and oxygen atoms in total. The topological polar surface area (TPSA) is 95.2 Å². The number of imidazole rings is 1. The summed E-state index contributed by atoms with van der Waals surface area (Å²) in [5.41, 5.74) is 5.69. The van der Waals surface area contributed by atoms with Crippen LogP contribution in [0.3, 0.4) is 0 Å². The maximum Gasteiger partial charge on any atom is 0.265 e. The van der Waals surface area contributed by atoms with Crippen LogP contribution in [-0.4, -0.2) is 42.2 Å². The minimum absolute atomic E-state index is 0.0397. The minimum atomic E-state index is -4.02. The van der Waals surface area contributed by atoms with Gasteiger partial charge in [-0.1, -0.05) is 30.3 Å². The summed E-state index contributed by atoms with van der Waals surface area (Å²) in [5.74, 6) is 0.0346. The summed E-state index contributed by atoms with van der Waals surface area (Å²) in [6.45, 7) is 5.84. The second kappa shape index (κ2) is 10.5. The van der Waals surface area contributed by atoms with Crippen molar-refractivity contribution in [3.63, 3.8) is 0 Å². The molecule has 0 saturated carbocycles. The first-order chi connectivity index (χ1) is 19.8. The predicted octanol–water partition coefficient (Wildman–Crippen LogP) is 5.90. The van der Waals surface area contributed by atoms with Crippen LogP contribution in [0.2, 0.25) is 0 Å². The fraction of sp³-hybridized carbons (Fsp3) is 0.188. The Kier molecular flexibility index (Phi) is 6.84. The zero-order chi connectivity index (χ0) is 28.7. The van der Waals surface area contributed by atoms with Crippen LogP contribution in [0.15, 0.2) is 89.8 Å². The lowest BCUT2D eigenvalue weighted by molar-refractivity contribution is 0.0981. The molecule has 0 atom stereocenters. The number of amides is 1. The van der Waals surface area contributed by atoms with Crippen LogP contribution in [0.4, 0.5) is 0 Å². The van der Waals surface area contributed by atoms with Gasteiger partial charge in [-0.15, -0.1) is 0 Å². The van der Waals surface area contributed by atoms with Crippen molar-refractivity contribution in [1.82, 2.24) is 18.8 Å². The number of methoxy groups -OCH3 is 1. The van der Waals surface area contributed by atoms with Crippen LogP contribution < -0.4 is 4.72 Å². The molecule has 9 heteroatoms. The van der Waals surface area contributed by atoms with Crippen LogP contribution in [-0.2, 0) is 27.8 Å². The number of benzene rings is 4. The average molecular weight is 567 g/mol. The van der Waals surface area contributed by atoms with Gasteiger partial charge in [0, 0.05) is 53.1 Å². The van der Waals surface area contributed by atoms with Gasteiger partial charge in [-0.25, -0.2) is 18.1 Å². The lowest BCUT2D eigenvalue weighted by atomic mass is 10.1. The van der Waals surface area contributed by atoms with Crippen LogP contribution in [0, 0.1) is 6.92 Å². The van der Waals surface area contributed by atoms with Crippen molar-refractivity contribution in [2.45, 2.75) is 31.8 Å². The molecule has 0 bridgehead atoms. The van der Waals surface area contributed by atoms with Gasteiger partial charge in [0.1, 0.15) is 5.82 Å². The zero-order valence-electron chi connectivity index (χ0n) is 23.1. The summed E-state index contributed by atoms with van der Waals surface area (Å²) in [4.78, 5) is 18.0. The number of ether oxygens (including phenoxy) is 1. The van der Waals surface area contributed by atoms with Gasteiger partial charge in [0.2, 0.25) is 0 Å². The van der Waals surface area contributed by atoms with Crippen LogP contribution in [0.25, 0.3) is 44.2 Å². The van der Waals surface area contributed by atoms with Gasteiger partial charge >= 0.3 is 0 Å². The smallest absolute Gasteiger partial charge is 0.265 e. The number of carbonyl (C=O) groups is 1. The quantitative estimate of drug-likeness (QED) is 0.247. The highest BCUT2D eigenvalue weighted by atomic mass is 32.2. The van der Waals surface area contributed by atoms with Gasteiger partial charge in [0.15, 0.2) is 0 Å². The van der Waals surface area contributed by atoms with E-state index < -0.39 is 15.9 Å². The Hall–Kier alpha value is -4.47. The van der Waals surface area contributed by atoms with Crippen molar-refractivity contribution in [2.24, 2.45) is 0 Å². The lowest BCUT2D eigenvalue weighted by Crippen LogP contribution is -2.30. The van der Waals surface area contributed by atoms with E-state index in [-0.39, 0.29) is 10.5 Å². The number of carbonyl (C=O) groups excluding carboxylic acids is 1. The summed E-state index contributed by atoms with van der Waals surface area (Å²) in [6.07, 6.45) is 0. The second-order valence-electron chi connectivity index (χ2n) is 10.0. The fourth-order valence-electron chi connectivity index (χ4n) is 5.46. The Morgan fingerprint density at radius 1 is 0.878 bits per heavy atom. The molecule has 0 radical (unpaired) electrons. The molecule has 208 valence electrons. The first-order valence-electron chi connectivity index (χ1n) is 13.4. The fourth-order valence-corrected chi connectivity index (χ4v) is 6.53. The molecule has 1 amide bonds. The third-order valence-electron chi connectivity index (χ3n) is 7.40. The molecule has 2 aromatic heterocycles. The number of sulfonamides is 1. The van der Waals surface area contributed by atoms with Crippen LogP contribution in [0.5, 0.6) is 0 Å². The Bertz CT molecular complexity index is 2060. The molecule has 0 aliphatic heterocycles. The molecule has 0 fully saturated rings. The van der Waals surface area contributed by atoms with E-state index in [1.165, 1.54) is 23.0 Å². The monoisotopic (exact) mass is 566 g/mol. The molecule has 2 heterocycles. The average Bonchev–Trinajstić information content (AvgIpc) is 3.50. The van der Waals surface area contributed by atoms with Gasteiger partial charge in [-0.3, -0.25) is 4.79 Å². The van der Waals surface area contributed by atoms with Crippen molar-refractivity contribution >= 4 is 48.8 Å². The SMILES string of the molecule is CCn1c2ccccc2c2cc(-c3nc4cc(C(=O)NS(=O)(=O)c5cccc(C)c5)ccc4n3CCOC)ccc21. The van der Waals surface area contributed by atoms with E-state index in [2.05, 4.69) is 57.2 Å². The summed E-state index contributed by atoms with van der Waals surface area (Å²) >= 11 is 0. The number of rotatable bonds is 8. The number of hydrogen-bond donors (Lipinski definition) is 1. The molecule has 0 saturated heterocycles. The molecular formula is C32H30N4O4S. The van der Waals surface area contributed by atoms with Crippen molar-refractivity contribution in [3.05, 3.63) is 96.1 Å². The largest absolute Gasteiger partial charge is 0.383 e. The Balaban J connectivity index is 1.42. The molecule has 0 aliphatic rings. The summed E-state index contributed by atoms with van der Waals surface area (Å²) in [5, 5.41) is 2.33. The molecule has 6 aromatic rings. The van der Waals surface area contributed by atoms with E-state index in [1.54, 1.807) is 44.4 Å². The highest BCUT2D eigenvalue weighted by molar-refractivity contribution is 7.90. The zero-order valence-corrected chi connectivity index (χ0v) is 23.9. The number of para-hydroxylation sites is 1. The lowest BCUT2D eigenvalue weighted by Gasteiger charge is -2.10. The summed E-state index contributed by atoms with van der Waals surface area (Å²) in [6, 6.07) is 26.2. The van der Waals surface area contributed by atoms with Gasteiger partial charge in [0.05, 0.1) is 22.5 Å². The van der Waals surface area contributed by atoms with Crippen LogP contribution >= 0.6 is 0 Å². The number of fused-ring (bicyclic) bond motifs is 4. The molecule has 1 N–H and O–H groups in total. The maximum absolute atomic E-state index is 13.1. The third kappa shape index (κ3) is 4.77. The number of aromatic nitrogens is 3. The van der Waals surface area contributed by atoms with Gasteiger partial charge in [0.25, 0.3) is 15.9 Å². The maximum atomic E-state index is 13.1. The number of nitrogens with one attached hydrogen (secondary N) is 1. The highest BCUT2D eigenvalue weighted by Gasteiger charge is 2.21. The Morgan fingerprint density at radius 3 is 2.44 bits per heavy atom. The Morgan fingerprint density at radius 2 is 1.66 bits per heavy atom. The van der Waals surface area contributed by atoms with Gasteiger partial charge < -0.3 is 13.9 Å². The van der Waals surface area contributed by atoms with E-state index in [4.69, 9.17) is 9.72 Å². The molecule has 0 aliphatic carbocycles. The molecule has 0 spiro atoms. The molecule has 4 aromatic carbocycles. The summed E-state index contributed by atoms with van der Waals surface area (Å²) in [7, 11) is -2.37. The van der Waals surface area contributed by atoms with E-state index in [0.717, 1.165) is 39.9 Å². The van der Waals surface area contributed by atoms with E-state index >= 15 is 0 Å². The summed E-state index contributed by atoms with van der Waals surface area (Å²) < 4.78 is 37.7. The first kappa shape index (κ1) is 26.7. The molecule has 41 heavy (non-hydrogen) atoms. The third-order valence-corrected chi connectivity index (χ3v) is 8.73. The minimum Gasteiger partial charge on any atom is -0.383 e. The number of hydrogen-bond acceptors (Lipinski definition) is 5. The normalized spacial score (nSPS) is 12.0. The first-order valence-corrected chi connectivity index (χ1v) is 14.9. The van der Waals surface area contributed by atoms with E-state index in [9.17, 15) is 13.2 Å². The van der Waals surface area contributed by atoms with Crippen molar-refractivity contribution in [1.29, 1.82) is 0 Å². The Labute approximate surface area is 238 Å². The highest BCUT2D eigenvalue weighted by Crippen LogP contribution is 2.34. The molecular weight excluding hydrogens is 536 g/mol. The van der Waals surface area contributed by atoms with Gasteiger partial charge in [-0.2, -0.15) is 0 Å². The van der Waals surface area contributed by atoms with Crippen LogP contribution in [0.1, 0.15) is 22.8 Å². The van der Waals surface area contributed by atoms with Gasteiger partial charge in [-0.05, 0) is 74.0 Å². The van der Waals surface area contributed by atoms with E-state index in [0.29, 0.717) is 18.7 Å². The number of aryl methyl sites for hydroxylation is 2. The predicted molar refractivity (Wildman–Crippen MR) is 162 cm³/mol. The second-order valence-corrected chi connectivity index (χ2v) is 11.7. The van der Waals surface area contributed by atoms with E-state index in [1.807, 2.05) is 6.07 Å². The standard InChI is InChI=1S/C32H30N4O4S/c1-4-35-28-11-6-5-10-25(28)26-19-22(12-14-29(26)35)31-33-27-20-23(13-15-30(27)36(31)16-17-40-3)32(37)34-41(38,39)24-9-7-8-21(2)18-24/h5-15,18-20H,4,16-17H2,1-3H3,(H,34,37). The van der Waals surface area contributed by atoms with Crippen molar-refractivity contribution in [3.8, 4) is 11.4 Å².